The summed E-state index contributed by atoms with van der Waals surface area (Å²) in [7, 11) is -3.66. The molecule has 1 atom stereocenters. The molecule has 7 nitrogen and oxygen atoms in total. The number of nitrogens with one attached hydrogen (secondary N) is 2. The van der Waals surface area contributed by atoms with Gasteiger partial charge in [0.15, 0.2) is 0 Å². The van der Waals surface area contributed by atoms with Crippen molar-refractivity contribution in [2.75, 3.05) is 31.5 Å². The van der Waals surface area contributed by atoms with Crippen LogP contribution in [-0.2, 0) is 14.8 Å². The molecule has 0 aliphatic carbocycles. The third kappa shape index (κ3) is 5.82. The molecule has 1 aliphatic rings. The summed E-state index contributed by atoms with van der Waals surface area (Å²) in [5, 5.41) is 8.03. The number of benzene rings is 2. The van der Waals surface area contributed by atoms with E-state index in [0.717, 1.165) is 39.7 Å². The highest BCUT2D eigenvalue weighted by Crippen LogP contribution is 2.29. The molecule has 0 saturated carbocycles. The van der Waals surface area contributed by atoms with Gasteiger partial charge < -0.3 is 10.6 Å². The lowest BCUT2D eigenvalue weighted by molar-refractivity contribution is -0.126. The second-order valence-electron chi connectivity index (χ2n) is 9.52. The smallest absolute Gasteiger partial charge is 0.243 e. The van der Waals surface area contributed by atoms with Gasteiger partial charge in [0.25, 0.3) is 0 Å². The van der Waals surface area contributed by atoms with Gasteiger partial charge in [0, 0.05) is 48.5 Å². The monoisotopic (exact) mass is 528 g/mol. The van der Waals surface area contributed by atoms with Crippen molar-refractivity contribution >= 4 is 44.1 Å². The van der Waals surface area contributed by atoms with Crippen molar-refractivity contribution < 1.29 is 13.2 Å². The van der Waals surface area contributed by atoms with Crippen LogP contribution in [0.5, 0.6) is 0 Å². The highest BCUT2D eigenvalue weighted by molar-refractivity contribution is 7.89. The number of hydrogen-bond acceptors (Lipinski definition) is 5. The van der Waals surface area contributed by atoms with Crippen LogP contribution < -0.4 is 10.6 Å². The predicted molar refractivity (Wildman–Crippen MR) is 145 cm³/mol. The molecule has 192 valence electrons. The first-order valence-corrected chi connectivity index (χ1v) is 14.1. The zero-order chi connectivity index (χ0) is 25.9. The van der Waals surface area contributed by atoms with Crippen LogP contribution in [0.25, 0.3) is 10.9 Å². The van der Waals surface area contributed by atoms with E-state index in [9.17, 15) is 13.2 Å². The molecule has 1 amide bonds. The summed E-state index contributed by atoms with van der Waals surface area (Å²) in [4.78, 5) is 17.6. The third-order valence-corrected chi connectivity index (χ3v) is 9.04. The Morgan fingerprint density at radius 3 is 2.61 bits per heavy atom. The number of fused-ring (bicyclic) bond motifs is 1. The number of rotatable bonds is 8. The largest absolute Gasteiger partial charge is 0.384 e. The van der Waals surface area contributed by atoms with Crippen molar-refractivity contribution in [2.45, 2.75) is 44.9 Å². The molecule has 1 aliphatic heterocycles. The lowest BCUT2D eigenvalue weighted by Gasteiger charge is -2.32. The van der Waals surface area contributed by atoms with Gasteiger partial charge in [-0.05, 0) is 75.4 Å². The molecular weight excluding hydrogens is 496 g/mol. The maximum Gasteiger partial charge on any atom is 0.243 e. The number of carbonyl (C=O) groups is 1. The van der Waals surface area contributed by atoms with Crippen LogP contribution in [0.15, 0.2) is 47.5 Å². The predicted octanol–water partition coefficient (Wildman–Crippen LogP) is 4.83. The number of aromatic nitrogens is 1. The van der Waals surface area contributed by atoms with E-state index in [1.165, 1.54) is 4.31 Å². The Morgan fingerprint density at radius 2 is 1.86 bits per heavy atom. The number of amides is 1. The van der Waals surface area contributed by atoms with E-state index in [2.05, 4.69) is 15.6 Å². The molecule has 36 heavy (non-hydrogen) atoms. The minimum atomic E-state index is -3.66. The fourth-order valence-corrected chi connectivity index (χ4v) is 7.12. The first kappa shape index (κ1) is 26.4. The molecule has 1 fully saturated rings. The van der Waals surface area contributed by atoms with Gasteiger partial charge in [0.2, 0.25) is 15.9 Å². The van der Waals surface area contributed by atoms with Crippen LogP contribution in [0.3, 0.4) is 0 Å². The molecule has 2 aromatic carbocycles. The van der Waals surface area contributed by atoms with Crippen LogP contribution in [0, 0.1) is 26.7 Å². The number of pyridine rings is 1. The Balaban J connectivity index is 1.30. The van der Waals surface area contributed by atoms with E-state index in [4.69, 9.17) is 11.6 Å². The number of hydrogen-bond donors (Lipinski definition) is 2. The summed E-state index contributed by atoms with van der Waals surface area (Å²) >= 11 is 6.06. The second kappa shape index (κ2) is 11.2. The van der Waals surface area contributed by atoms with E-state index in [-0.39, 0.29) is 18.4 Å². The van der Waals surface area contributed by atoms with Gasteiger partial charge in [-0.2, -0.15) is 4.31 Å². The summed E-state index contributed by atoms with van der Waals surface area (Å²) in [6, 6.07) is 11.3. The lowest BCUT2D eigenvalue weighted by Crippen LogP contribution is -2.45. The van der Waals surface area contributed by atoms with E-state index in [1.54, 1.807) is 6.20 Å². The standard InChI is InChI=1S/C27H33ClN4O3S/c1-18-14-19(2)26(20(3)15-18)36(34,35)32-13-4-6-21(17-32)27(33)31-11-5-10-29-24-9-12-30-25-16-22(28)7-8-23(24)25/h7-9,12,14-16,21H,4-6,10-11,13,17H2,1-3H3,(H,29,30)(H,31,33). The minimum absolute atomic E-state index is 0.0868. The van der Waals surface area contributed by atoms with Crippen molar-refractivity contribution in [3.8, 4) is 0 Å². The van der Waals surface area contributed by atoms with Crippen LogP contribution in [-0.4, -0.2) is 49.8 Å². The highest BCUT2D eigenvalue weighted by atomic mass is 35.5. The van der Waals surface area contributed by atoms with E-state index in [1.807, 2.05) is 57.2 Å². The Hall–Kier alpha value is -2.68. The quantitative estimate of drug-likeness (QED) is 0.408. The average Bonchev–Trinajstić information content (AvgIpc) is 2.82. The molecule has 0 spiro atoms. The molecule has 0 radical (unpaired) electrons. The highest BCUT2D eigenvalue weighted by Gasteiger charge is 2.34. The van der Waals surface area contributed by atoms with Crippen molar-refractivity contribution in [3.05, 3.63) is 64.3 Å². The first-order chi connectivity index (χ1) is 17.2. The molecule has 3 aromatic rings. The molecule has 2 heterocycles. The fraction of sp³-hybridized carbons (Fsp3) is 0.407. The average molecular weight is 529 g/mol. The van der Waals surface area contributed by atoms with Gasteiger partial charge in [-0.3, -0.25) is 9.78 Å². The molecule has 1 saturated heterocycles. The van der Waals surface area contributed by atoms with E-state index in [0.29, 0.717) is 42.4 Å². The summed E-state index contributed by atoms with van der Waals surface area (Å²) in [5.41, 5.74) is 4.33. The molecule has 1 aromatic heterocycles. The van der Waals surface area contributed by atoms with Crippen molar-refractivity contribution in [1.29, 1.82) is 0 Å². The zero-order valence-corrected chi connectivity index (χ0v) is 22.5. The Bertz CT molecular complexity index is 1350. The topological polar surface area (TPSA) is 91.4 Å². The summed E-state index contributed by atoms with van der Waals surface area (Å²) in [6.45, 7) is 7.47. The lowest BCUT2D eigenvalue weighted by atomic mass is 9.99. The van der Waals surface area contributed by atoms with Crippen LogP contribution in [0.1, 0.15) is 36.0 Å². The summed E-state index contributed by atoms with van der Waals surface area (Å²) < 4.78 is 28.3. The van der Waals surface area contributed by atoms with Crippen molar-refractivity contribution in [3.63, 3.8) is 0 Å². The number of halogens is 1. The Labute approximate surface area is 218 Å². The second-order valence-corrected chi connectivity index (χ2v) is 11.8. The maximum atomic E-state index is 13.4. The third-order valence-electron chi connectivity index (χ3n) is 6.63. The number of sulfonamides is 1. The number of anilines is 1. The minimum Gasteiger partial charge on any atom is -0.384 e. The van der Waals surface area contributed by atoms with Gasteiger partial charge in [-0.15, -0.1) is 0 Å². The molecule has 4 rings (SSSR count). The first-order valence-electron chi connectivity index (χ1n) is 12.3. The van der Waals surface area contributed by atoms with Crippen LogP contribution in [0.2, 0.25) is 5.02 Å². The van der Waals surface area contributed by atoms with Crippen molar-refractivity contribution in [2.24, 2.45) is 5.92 Å². The van der Waals surface area contributed by atoms with Crippen LogP contribution >= 0.6 is 11.6 Å². The van der Waals surface area contributed by atoms with Gasteiger partial charge in [0.1, 0.15) is 0 Å². The van der Waals surface area contributed by atoms with E-state index < -0.39 is 10.0 Å². The SMILES string of the molecule is Cc1cc(C)c(S(=O)(=O)N2CCCC(C(=O)NCCCNc3ccnc4cc(Cl)ccc34)C2)c(C)c1. The fourth-order valence-electron chi connectivity index (χ4n) is 5.02. The normalized spacial score (nSPS) is 16.7. The van der Waals surface area contributed by atoms with Gasteiger partial charge >= 0.3 is 0 Å². The molecule has 0 bridgehead atoms. The number of aryl methyl sites for hydroxylation is 3. The molecular formula is C27H33ClN4O3S. The molecule has 1 unspecified atom stereocenters. The maximum absolute atomic E-state index is 13.4. The number of carbonyl (C=O) groups excluding carboxylic acids is 1. The summed E-state index contributed by atoms with van der Waals surface area (Å²) in [5.74, 6) is -0.433. The molecule has 2 N–H and O–H groups in total. The van der Waals surface area contributed by atoms with Gasteiger partial charge in [-0.1, -0.05) is 29.3 Å². The van der Waals surface area contributed by atoms with Gasteiger partial charge in [-0.25, -0.2) is 8.42 Å². The Kier molecular flexibility index (Phi) is 8.17. The van der Waals surface area contributed by atoms with Gasteiger partial charge in [0.05, 0.1) is 16.3 Å². The Morgan fingerprint density at radius 1 is 1.11 bits per heavy atom. The number of piperidine rings is 1. The van der Waals surface area contributed by atoms with Crippen LogP contribution in [0.4, 0.5) is 5.69 Å². The van der Waals surface area contributed by atoms with E-state index >= 15 is 0 Å². The number of nitrogens with zero attached hydrogens (tertiary/aromatic N) is 2. The zero-order valence-electron chi connectivity index (χ0n) is 21.0. The van der Waals surface area contributed by atoms with Crippen molar-refractivity contribution in [1.82, 2.24) is 14.6 Å². The molecule has 9 heteroatoms. The summed E-state index contributed by atoms with van der Waals surface area (Å²) in [6.07, 6.45) is 3.83.